The molecule has 0 bridgehead atoms. The number of nitrogens with zero attached hydrogens (tertiary/aromatic N) is 1. The standard InChI is InChI=1S/C18H23NO3/c1-13-4-7-15(8-5-13)17(21)12-19(2)11-14-6-9-16(20)18(10-14)22-3/h4-10,17,20-21H,11-12H2,1-3H3. The molecule has 2 rings (SSSR count). The van der Waals surface area contributed by atoms with Gasteiger partial charge in [0.05, 0.1) is 13.2 Å². The molecular weight excluding hydrogens is 278 g/mol. The molecule has 1 unspecified atom stereocenters. The van der Waals surface area contributed by atoms with Crippen molar-refractivity contribution in [3.63, 3.8) is 0 Å². The van der Waals surface area contributed by atoms with Gasteiger partial charge < -0.3 is 14.9 Å². The van der Waals surface area contributed by atoms with Crippen LogP contribution < -0.4 is 4.74 Å². The van der Waals surface area contributed by atoms with Gasteiger partial charge in [-0.25, -0.2) is 0 Å². The molecule has 4 heteroatoms. The summed E-state index contributed by atoms with van der Waals surface area (Å²) in [5, 5.41) is 19.9. The third kappa shape index (κ3) is 4.23. The van der Waals surface area contributed by atoms with E-state index in [4.69, 9.17) is 4.74 Å². The Labute approximate surface area is 131 Å². The van der Waals surface area contributed by atoms with Crippen LogP contribution in [0.5, 0.6) is 11.5 Å². The topological polar surface area (TPSA) is 52.9 Å². The van der Waals surface area contributed by atoms with Gasteiger partial charge in [0.2, 0.25) is 0 Å². The number of phenolic OH excluding ortho intramolecular Hbond substituents is 1. The Morgan fingerprint density at radius 3 is 2.45 bits per heavy atom. The van der Waals surface area contributed by atoms with E-state index < -0.39 is 6.10 Å². The number of methoxy groups -OCH3 is 1. The van der Waals surface area contributed by atoms with Crippen LogP contribution in [0.2, 0.25) is 0 Å². The summed E-state index contributed by atoms with van der Waals surface area (Å²) in [4.78, 5) is 2.04. The normalized spacial score (nSPS) is 12.4. The van der Waals surface area contributed by atoms with Crippen molar-refractivity contribution in [1.29, 1.82) is 0 Å². The van der Waals surface area contributed by atoms with Crippen molar-refractivity contribution >= 4 is 0 Å². The fourth-order valence-corrected chi connectivity index (χ4v) is 2.39. The smallest absolute Gasteiger partial charge is 0.160 e. The molecule has 0 saturated heterocycles. The van der Waals surface area contributed by atoms with Gasteiger partial charge in [0.15, 0.2) is 11.5 Å². The van der Waals surface area contributed by atoms with Gasteiger partial charge in [-0.2, -0.15) is 0 Å². The van der Waals surface area contributed by atoms with Gasteiger partial charge in [-0.05, 0) is 37.2 Å². The second kappa shape index (κ2) is 7.29. The molecule has 0 saturated carbocycles. The van der Waals surface area contributed by atoms with Gasteiger partial charge in [-0.3, -0.25) is 4.90 Å². The first-order valence-electron chi connectivity index (χ1n) is 7.28. The first kappa shape index (κ1) is 16.3. The number of aromatic hydroxyl groups is 1. The lowest BCUT2D eigenvalue weighted by Crippen LogP contribution is -2.24. The maximum absolute atomic E-state index is 10.3. The number of aliphatic hydroxyl groups is 1. The fraction of sp³-hybridized carbons (Fsp3) is 0.333. The second-order valence-corrected chi connectivity index (χ2v) is 5.63. The van der Waals surface area contributed by atoms with E-state index in [1.807, 2.05) is 55.3 Å². The molecule has 118 valence electrons. The van der Waals surface area contributed by atoms with Crippen LogP contribution in [0.4, 0.5) is 0 Å². The van der Waals surface area contributed by atoms with Gasteiger partial charge >= 0.3 is 0 Å². The van der Waals surface area contributed by atoms with Crippen molar-refractivity contribution in [3.05, 3.63) is 59.2 Å². The van der Waals surface area contributed by atoms with Gasteiger partial charge in [-0.15, -0.1) is 0 Å². The molecule has 0 aliphatic carbocycles. The van der Waals surface area contributed by atoms with E-state index in [0.29, 0.717) is 18.8 Å². The third-order valence-electron chi connectivity index (χ3n) is 3.64. The largest absolute Gasteiger partial charge is 0.504 e. The molecule has 0 fully saturated rings. The van der Waals surface area contributed by atoms with E-state index in [2.05, 4.69) is 0 Å². The summed E-state index contributed by atoms with van der Waals surface area (Å²) in [6, 6.07) is 13.2. The first-order chi connectivity index (χ1) is 10.5. The molecule has 0 aromatic heterocycles. The molecule has 0 heterocycles. The molecule has 2 N–H and O–H groups in total. The van der Waals surface area contributed by atoms with E-state index in [0.717, 1.165) is 11.1 Å². The monoisotopic (exact) mass is 301 g/mol. The Hall–Kier alpha value is -2.04. The highest BCUT2D eigenvalue weighted by molar-refractivity contribution is 5.41. The number of aryl methyl sites for hydroxylation is 1. The van der Waals surface area contributed by atoms with Crippen molar-refractivity contribution in [2.45, 2.75) is 19.6 Å². The van der Waals surface area contributed by atoms with Crippen molar-refractivity contribution in [3.8, 4) is 11.5 Å². The second-order valence-electron chi connectivity index (χ2n) is 5.63. The number of benzene rings is 2. The summed E-state index contributed by atoms with van der Waals surface area (Å²) in [5.74, 6) is 0.596. The minimum Gasteiger partial charge on any atom is -0.504 e. The van der Waals surface area contributed by atoms with Gasteiger partial charge in [0, 0.05) is 13.1 Å². The summed E-state index contributed by atoms with van der Waals surface area (Å²) < 4.78 is 5.11. The van der Waals surface area contributed by atoms with Crippen molar-refractivity contribution < 1.29 is 14.9 Å². The Balaban J connectivity index is 1.97. The highest BCUT2D eigenvalue weighted by Crippen LogP contribution is 2.27. The zero-order valence-corrected chi connectivity index (χ0v) is 13.3. The number of rotatable bonds is 6. The van der Waals surface area contributed by atoms with Crippen molar-refractivity contribution in [2.75, 3.05) is 20.7 Å². The number of phenols is 1. The molecule has 0 aliphatic heterocycles. The maximum atomic E-state index is 10.3. The Kier molecular flexibility index (Phi) is 5.41. The zero-order valence-electron chi connectivity index (χ0n) is 13.3. The lowest BCUT2D eigenvalue weighted by molar-refractivity contribution is 0.124. The van der Waals surface area contributed by atoms with Crippen LogP contribution in [0.15, 0.2) is 42.5 Å². The van der Waals surface area contributed by atoms with E-state index in [1.165, 1.54) is 12.7 Å². The Morgan fingerprint density at radius 1 is 1.14 bits per heavy atom. The van der Waals surface area contributed by atoms with Gasteiger partial charge in [0.25, 0.3) is 0 Å². The predicted molar refractivity (Wildman–Crippen MR) is 87.1 cm³/mol. The quantitative estimate of drug-likeness (QED) is 0.861. The molecule has 2 aromatic rings. The summed E-state index contributed by atoms with van der Waals surface area (Å²) >= 11 is 0. The highest BCUT2D eigenvalue weighted by atomic mass is 16.5. The number of hydrogen-bond acceptors (Lipinski definition) is 4. The summed E-state index contributed by atoms with van der Waals surface area (Å²) in [7, 11) is 3.49. The molecule has 0 spiro atoms. The molecule has 4 nitrogen and oxygen atoms in total. The molecular formula is C18H23NO3. The van der Waals surface area contributed by atoms with Crippen LogP contribution in [0.3, 0.4) is 0 Å². The van der Waals surface area contributed by atoms with Gasteiger partial charge in [-0.1, -0.05) is 35.9 Å². The molecule has 22 heavy (non-hydrogen) atoms. The third-order valence-corrected chi connectivity index (χ3v) is 3.64. The zero-order chi connectivity index (χ0) is 16.1. The fourth-order valence-electron chi connectivity index (χ4n) is 2.39. The summed E-state index contributed by atoms with van der Waals surface area (Å²) in [5.41, 5.74) is 3.12. The molecule has 0 amide bonds. The lowest BCUT2D eigenvalue weighted by Gasteiger charge is -2.21. The SMILES string of the molecule is COc1cc(CN(C)CC(O)c2ccc(C)cc2)ccc1O. The number of aliphatic hydroxyl groups excluding tert-OH is 1. The number of ether oxygens (including phenoxy) is 1. The van der Waals surface area contributed by atoms with Gasteiger partial charge in [0.1, 0.15) is 0 Å². The minimum atomic E-state index is -0.524. The first-order valence-corrected chi connectivity index (χ1v) is 7.28. The van der Waals surface area contributed by atoms with Crippen LogP contribution in [0.1, 0.15) is 22.8 Å². The highest BCUT2D eigenvalue weighted by Gasteiger charge is 2.12. The Bertz CT molecular complexity index is 610. The molecule has 2 aromatic carbocycles. The number of likely N-dealkylation sites (N-methyl/N-ethyl adjacent to an activating group) is 1. The Morgan fingerprint density at radius 2 is 1.82 bits per heavy atom. The van der Waals surface area contributed by atoms with Crippen LogP contribution >= 0.6 is 0 Å². The molecule has 0 radical (unpaired) electrons. The average molecular weight is 301 g/mol. The maximum Gasteiger partial charge on any atom is 0.160 e. The summed E-state index contributed by atoms with van der Waals surface area (Å²) in [6.07, 6.45) is -0.524. The van der Waals surface area contributed by atoms with E-state index in [-0.39, 0.29) is 5.75 Å². The lowest BCUT2D eigenvalue weighted by atomic mass is 10.1. The van der Waals surface area contributed by atoms with Crippen molar-refractivity contribution in [1.82, 2.24) is 4.90 Å². The molecule has 0 aliphatic rings. The van der Waals surface area contributed by atoms with Crippen LogP contribution in [-0.4, -0.2) is 35.8 Å². The van der Waals surface area contributed by atoms with E-state index in [9.17, 15) is 10.2 Å². The van der Waals surface area contributed by atoms with Crippen LogP contribution in [-0.2, 0) is 6.54 Å². The number of hydrogen-bond donors (Lipinski definition) is 2. The average Bonchev–Trinajstić information content (AvgIpc) is 2.49. The van der Waals surface area contributed by atoms with E-state index >= 15 is 0 Å². The van der Waals surface area contributed by atoms with Crippen LogP contribution in [0, 0.1) is 6.92 Å². The van der Waals surface area contributed by atoms with E-state index in [1.54, 1.807) is 6.07 Å². The minimum absolute atomic E-state index is 0.133. The van der Waals surface area contributed by atoms with Crippen LogP contribution in [0.25, 0.3) is 0 Å². The summed E-state index contributed by atoms with van der Waals surface area (Å²) in [6.45, 7) is 3.23. The molecule has 1 atom stereocenters. The predicted octanol–water partition coefficient (Wildman–Crippen LogP) is 2.87. The van der Waals surface area contributed by atoms with Crippen molar-refractivity contribution in [2.24, 2.45) is 0 Å².